The SMILES string of the molecule is C[C@@H]1C[C@H](C)CN(S(=O)(=O)c2cccc(C(=O)N3CCN(C(=O)c4cnccn4)CC3)c2)C1. The smallest absolute Gasteiger partial charge is 0.274 e. The van der Waals surface area contributed by atoms with E-state index in [0.717, 1.165) is 6.42 Å². The molecule has 0 N–H and O–H groups in total. The molecule has 0 saturated carbocycles. The normalized spacial score (nSPS) is 22.2. The zero-order chi connectivity index (χ0) is 23.6. The number of sulfonamides is 1. The van der Waals surface area contributed by atoms with Crippen molar-refractivity contribution in [3.8, 4) is 0 Å². The average molecular weight is 472 g/mol. The summed E-state index contributed by atoms with van der Waals surface area (Å²) in [6.07, 6.45) is 5.42. The lowest BCUT2D eigenvalue weighted by molar-refractivity contribution is 0.0532. The maximum Gasteiger partial charge on any atom is 0.274 e. The van der Waals surface area contributed by atoms with Gasteiger partial charge in [0, 0.05) is 57.2 Å². The standard InChI is InChI=1S/C23H29N5O4S/c1-17-12-18(2)16-28(15-17)33(31,32)20-5-3-4-19(13-20)22(29)26-8-10-27(11-9-26)23(30)21-14-24-6-7-25-21/h3-7,13-14,17-18H,8-12,15-16H2,1-2H3/t17-,18+. The third-order valence-corrected chi connectivity index (χ3v) is 8.02. The minimum atomic E-state index is -3.67. The fourth-order valence-electron chi connectivity index (χ4n) is 4.61. The molecular weight excluding hydrogens is 442 g/mol. The minimum Gasteiger partial charge on any atom is -0.335 e. The van der Waals surface area contributed by atoms with E-state index in [1.807, 2.05) is 0 Å². The number of piperidine rings is 1. The number of hydrogen-bond acceptors (Lipinski definition) is 6. The molecule has 4 rings (SSSR count). The Morgan fingerprint density at radius 3 is 2.18 bits per heavy atom. The third-order valence-electron chi connectivity index (χ3n) is 6.19. The number of amides is 2. The number of hydrogen-bond donors (Lipinski definition) is 0. The van der Waals surface area contributed by atoms with Gasteiger partial charge in [0.05, 0.1) is 11.1 Å². The van der Waals surface area contributed by atoms with E-state index in [2.05, 4.69) is 23.8 Å². The van der Waals surface area contributed by atoms with E-state index in [1.54, 1.807) is 28.0 Å². The summed E-state index contributed by atoms with van der Waals surface area (Å²) in [5.41, 5.74) is 0.611. The molecule has 0 unspecified atom stereocenters. The highest BCUT2D eigenvalue weighted by atomic mass is 32.2. The number of aromatic nitrogens is 2. The van der Waals surface area contributed by atoms with Crippen molar-refractivity contribution in [3.05, 3.63) is 54.1 Å². The number of piperazine rings is 1. The molecular formula is C23H29N5O4S. The van der Waals surface area contributed by atoms with E-state index in [4.69, 9.17) is 0 Å². The van der Waals surface area contributed by atoms with Crippen molar-refractivity contribution in [1.82, 2.24) is 24.1 Å². The Balaban J connectivity index is 1.44. The Hall–Kier alpha value is -2.85. The van der Waals surface area contributed by atoms with Gasteiger partial charge in [-0.1, -0.05) is 19.9 Å². The second-order valence-corrected chi connectivity index (χ2v) is 10.9. The summed E-state index contributed by atoms with van der Waals surface area (Å²) in [5, 5.41) is 0. The van der Waals surface area contributed by atoms with Gasteiger partial charge in [-0.3, -0.25) is 14.6 Å². The lowest BCUT2D eigenvalue weighted by Gasteiger charge is -2.35. The van der Waals surface area contributed by atoms with Crippen LogP contribution < -0.4 is 0 Å². The van der Waals surface area contributed by atoms with Crippen molar-refractivity contribution < 1.29 is 18.0 Å². The van der Waals surface area contributed by atoms with Crippen LogP contribution >= 0.6 is 0 Å². The van der Waals surface area contributed by atoms with Crippen LogP contribution in [0.4, 0.5) is 0 Å². The predicted molar refractivity (Wildman–Crippen MR) is 122 cm³/mol. The van der Waals surface area contributed by atoms with E-state index < -0.39 is 10.0 Å². The molecule has 2 saturated heterocycles. The van der Waals surface area contributed by atoms with Crippen LogP contribution in [0.15, 0.2) is 47.8 Å². The predicted octanol–water partition coefficient (Wildman–Crippen LogP) is 1.74. The highest BCUT2D eigenvalue weighted by Crippen LogP contribution is 2.27. The molecule has 1 aromatic heterocycles. The van der Waals surface area contributed by atoms with Crippen LogP contribution in [0.5, 0.6) is 0 Å². The molecule has 0 spiro atoms. The van der Waals surface area contributed by atoms with Crippen LogP contribution in [0.2, 0.25) is 0 Å². The molecule has 3 heterocycles. The molecule has 2 aromatic rings. The van der Waals surface area contributed by atoms with Crippen LogP contribution in [0.1, 0.15) is 41.1 Å². The van der Waals surface area contributed by atoms with Gasteiger partial charge in [0.15, 0.2) is 0 Å². The zero-order valence-electron chi connectivity index (χ0n) is 18.9. The summed E-state index contributed by atoms with van der Waals surface area (Å²) >= 11 is 0. The van der Waals surface area contributed by atoms with Crippen LogP contribution in [-0.4, -0.2) is 83.6 Å². The van der Waals surface area contributed by atoms with Gasteiger partial charge in [0.2, 0.25) is 10.0 Å². The third kappa shape index (κ3) is 5.06. The molecule has 0 bridgehead atoms. The average Bonchev–Trinajstić information content (AvgIpc) is 2.83. The lowest BCUT2D eigenvalue weighted by atomic mass is 9.94. The summed E-state index contributed by atoms with van der Waals surface area (Å²) in [6, 6.07) is 6.27. The largest absolute Gasteiger partial charge is 0.335 e. The topological polar surface area (TPSA) is 104 Å². The fraction of sp³-hybridized carbons (Fsp3) is 0.478. The summed E-state index contributed by atoms with van der Waals surface area (Å²) < 4.78 is 28.0. The van der Waals surface area contributed by atoms with Crippen molar-refractivity contribution >= 4 is 21.8 Å². The molecule has 176 valence electrons. The monoisotopic (exact) mass is 471 g/mol. The number of rotatable bonds is 4. The summed E-state index contributed by atoms with van der Waals surface area (Å²) in [6.45, 7) is 6.59. The summed E-state index contributed by atoms with van der Waals surface area (Å²) in [4.78, 5) is 37.1. The van der Waals surface area contributed by atoms with E-state index in [0.29, 0.717) is 56.7 Å². The Morgan fingerprint density at radius 1 is 0.939 bits per heavy atom. The first-order valence-corrected chi connectivity index (χ1v) is 12.6. The molecule has 10 heteroatoms. The van der Waals surface area contributed by atoms with Gasteiger partial charge in [-0.05, 0) is 36.5 Å². The Kier molecular flexibility index (Phi) is 6.76. The lowest BCUT2D eigenvalue weighted by Crippen LogP contribution is -2.50. The van der Waals surface area contributed by atoms with Gasteiger partial charge >= 0.3 is 0 Å². The number of carbonyl (C=O) groups is 2. The van der Waals surface area contributed by atoms with Crippen molar-refractivity contribution in [1.29, 1.82) is 0 Å². The quantitative estimate of drug-likeness (QED) is 0.673. The second kappa shape index (κ2) is 9.56. The highest BCUT2D eigenvalue weighted by Gasteiger charge is 2.32. The van der Waals surface area contributed by atoms with Crippen molar-refractivity contribution in [3.63, 3.8) is 0 Å². The molecule has 2 amide bonds. The van der Waals surface area contributed by atoms with E-state index >= 15 is 0 Å². The first kappa shape index (κ1) is 23.3. The van der Waals surface area contributed by atoms with Gasteiger partial charge in [-0.25, -0.2) is 13.4 Å². The van der Waals surface area contributed by atoms with Crippen LogP contribution in [0.25, 0.3) is 0 Å². The van der Waals surface area contributed by atoms with Crippen molar-refractivity contribution in [2.75, 3.05) is 39.3 Å². The van der Waals surface area contributed by atoms with Crippen molar-refractivity contribution in [2.24, 2.45) is 11.8 Å². The van der Waals surface area contributed by atoms with Gasteiger partial charge < -0.3 is 9.80 Å². The summed E-state index contributed by atoms with van der Waals surface area (Å²) in [7, 11) is -3.67. The molecule has 2 atom stereocenters. The number of carbonyl (C=O) groups excluding carboxylic acids is 2. The van der Waals surface area contributed by atoms with E-state index in [-0.39, 0.29) is 22.4 Å². The molecule has 1 aromatic carbocycles. The molecule has 33 heavy (non-hydrogen) atoms. The van der Waals surface area contributed by atoms with Crippen LogP contribution in [-0.2, 0) is 10.0 Å². The molecule has 0 radical (unpaired) electrons. The molecule has 2 aliphatic heterocycles. The first-order valence-electron chi connectivity index (χ1n) is 11.2. The number of nitrogens with zero attached hydrogens (tertiary/aromatic N) is 5. The van der Waals surface area contributed by atoms with Gasteiger partial charge in [0.25, 0.3) is 11.8 Å². The van der Waals surface area contributed by atoms with Crippen molar-refractivity contribution in [2.45, 2.75) is 25.2 Å². The fourth-order valence-corrected chi connectivity index (χ4v) is 6.33. The Bertz CT molecular complexity index is 1110. The van der Waals surface area contributed by atoms with Crippen LogP contribution in [0, 0.1) is 11.8 Å². The van der Waals surface area contributed by atoms with Gasteiger partial charge in [0.1, 0.15) is 5.69 Å². The molecule has 2 aliphatic rings. The number of benzene rings is 1. The Labute approximate surface area is 194 Å². The maximum absolute atomic E-state index is 13.2. The first-order chi connectivity index (χ1) is 15.8. The minimum absolute atomic E-state index is 0.145. The summed E-state index contributed by atoms with van der Waals surface area (Å²) in [5.74, 6) is 0.149. The van der Waals surface area contributed by atoms with Gasteiger partial charge in [-0.2, -0.15) is 4.31 Å². The Morgan fingerprint density at radius 2 is 1.58 bits per heavy atom. The second-order valence-electron chi connectivity index (χ2n) is 8.97. The molecule has 2 fully saturated rings. The van der Waals surface area contributed by atoms with Gasteiger partial charge in [-0.15, -0.1) is 0 Å². The molecule has 9 nitrogen and oxygen atoms in total. The van der Waals surface area contributed by atoms with E-state index in [1.165, 1.54) is 29.0 Å². The molecule has 0 aliphatic carbocycles. The zero-order valence-corrected chi connectivity index (χ0v) is 19.7. The van der Waals surface area contributed by atoms with E-state index in [9.17, 15) is 18.0 Å². The highest BCUT2D eigenvalue weighted by molar-refractivity contribution is 7.89. The maximum atomic E-state index is 13.2. The van der Waals surface area contributed by atoms with Crippen LogP contribution in [0.3, 0.4) is 0 Å².